The Morgan fingerprint density at radius 1 is 1.09 bits per heavy atom. The summed E-state index contributed by atoms with van der Waals surface area (Å²) in [6.07, 6.45) is -4.77. The van der Waals surface area contributed by atoms with E-state index >= 15 is 0 Å². The van der Waals surface area contributed by atoms with Crippen molar-refractivity contribution < 1.29 is 32.5 Å². The highest BCUT2D eigenvalue weighted by Gasteiger charge is 2.30. The molecule has 2 rings (SSSR count). The Kier molecular flexibility index (Phi) is 4.95. The Balaban J connectivity index is 1.87. The highest BCUT2D eigenvalue weighted by Crippen LogP contribution is 2.25. The first-order valence-electron chi connectivity index (χ1n) is 6.40. The van der Waals surface area contributed by atoms with Crippen LogP contribution in [0.4, 0.5) is 18.9 Å². The van der Waals surface area contributed by atoms with Gasteiger partial charge in [0.15, 0.2) is 18.1 Å². The number of carbonyl (C=O) groups excluding carboxylic acids is 1. The predicted molar refractivity (Wildman–Crippen MR) is 75.4 cm³/mol. The largest absolute Gasteiger partial charge is 0.573 e. The van der Waals surface area contributed by atoms with Gasteiger partial charge in [0.1, 0.15) is 5.75 Å². The maximum Gasteiger partial charge on any atom is 0.573 e. The maximum atomic E-state index is 12.0. The zero-order valence-electron chi connectivity index (χ0n) is 11.6. The number of aromatic hydroxyl groups is 1. The van der Waals surface area contributed by atoms with Crippen LogP contribution in [0.5, 0.6) is 17.2 Å². The molecule has 0 radical (unpaired) electrons. The minimum atomic E-state index is -4.77. The number of phenolic OH excluding ortho intramolecular Hbond substituents is 1. The summed E-state index contributed by atoms with van der Waals surface area (Å²) in [5, 5.41) is 11.9. The molecule has 0 saturated heterocycles. The number of hydrogen-bond acceptors (Lipinski definition) is 4. The van der Waals surface area contributed by atoms with Gasteiger partial charge in [-0.2, -0.15) is 0 Å². The average Bonchev–Trinajstić information content (AvgIpc) is 2.47. The first-order valence-corrected chi connectivity index (χ1v) is 6.40. The van der Waals surface area contributed by atoms with Crippen LogP contribution in [0.1, 0.15) is 0 Å². The smallest absolute Gasteiger partial charge is 0.504 e. The summed E-state index contributed by atoms with van der Waals surface area (Å²) in [5.41, 5.74) is 0.283. The average molecular weight is 327 g/mol. The van der Waals surface area contributed by atoms with Crippen molar-refractivity contribution in [2.24, 2.45) is 0 Å². The van der Waals surface area contributed by atoms with E-state index in [2.05, 4.69) is 10.1 Å². The van der Waals surface area contributed by atoms with Gasteiger partial charge in [-0.05, 0) is 36.4 Å². The van der Waals surface area contributed by atoms with Gasteiger partial charge in [0.05, 0.1) is 0 Å². The van der Waals surface area contributed by atoms with Gasteiger partial charge in [-0.25, -0.2) is 0 Å². The molecule has 23 heavy (non-hydrogen) atoms. The number of rotatable bonds is 5. The minimum Gasteiger partial charge on any atom is -0.504 e. The zero-order chi connectivity index (χ0) is 16.9. The summed E-state index contributed by atoms with van der Waals surface area (Å²) in [6.45, 7) is -0.363. The van der Waals surface area contributed by atoms with Crippen molar-refractivity contribution in [3.63, 3.8) is 0 Å². The van der Waals surface area contributed by atoms with E-state index in [4.69, 9.17) is 4.74 Å². The number of ether oxygens (including phenoxy) is 2. The molecule has 0 aromatic heterocycles. The molecule has 0 aliphatic carbocycles. The molecule has 1 amide bonds. The summed E-state index contributed by atoms with van der Waals surface area (Å²) in [5.74, 6) is -0.871. The van der Waals surface area contributed by atoms with Gasteiger partial charge in [-0.15, -0.1) is 13.2 Å². The van der Waals surface area contributed by atoms with Gasteiger partial charge in [-0.1, -0.05) is 12.1 Å². The number of amides is 1. The Bertz CT molecular complexity index is 671. The minimum absolute atomic E-state index is 0.103. The number of benzene rings is 2. The van der Waals surface area contributed by atoms with Gasteiger partial charge >= 0.3 is 6.36 Å². The van der Waals surface area contributed by atoms with Crippen molar-refractivity contribution in [1.29, 1.82) is 0 Å². The molecule has 0 spiro atoms. The molecule has 0 fully saturated rings. The van der Waals surface area contributed by atoms with E-state index in [9.17, 15) is 23.1 Å². The highest BCUT2D eigenvalue weighted by molar-refractivity contribution is 5.91. The lowest BCUT2D eigenvalue weighted by molar-refractivity contribution is -0.274. The SMILES string of the molecule is O=C(COc1ccccc1O)Nc1ccc(OC(F)(F)F)cc1. The van der Waals surface area contributed by atoms with E-state index in [0.29, 0.717) is 0 Å². The number of alkyl halides is 3. The summed E-state index contributed by atoms with van der Waals surface area (Å²) >= 11 is 0. The molecular weight excluding hydrogens is 315 g/mol. The Morgan fingerprint density at radius 2 is 1.74 bits per heavy atom. The van der Waals surface area contributed by atoms with Crippen molar-refractivity contribution in [2.45, 2.75) is 6.36 Å². The highest BCUT2D eigenvalue weighted by atomic mass is 19.4. The molecule has 5 nitrogen and oxygen atoms in total. The van der Waals surface area contributed by atoms with Crippen LogP contribution in [0.2, 0.25) is 0 Å². The van der Waals surface area contributed by atoms with E-state index in [1.54, 1.807) is 12.1 Å². The Labute approximate surface area is 129 Å². The Morgan fingerprint density at radius 3 is 2.35 bits per heavy atom. The first kappa shape index (κ1) is 16.5. The molecule has 0 bridgehead atoms. The van der Waals surface area contributed by atoms with E-state index in [0.717, 1.165) is 12.1 Å². The third-order valence-electron chi connectivity index (χ3n) is 2.60. The number of carbonyl (C=O) groups is 1. The molecule has 0 atom stereocenters. The molecule has 0 saturated carbocycles. The second kappa shape index (κ2) is 6.91. The van der Waals surface area contributed by atoms with Crippen LogP contribution in [0, 0.1) is 0 Å². The van der Waals surface area contributed by atoms with Crippen molar-refractivity contribution in [3.8, 4) is 17.2 Å². The number of nitrogens with one attached hydrogen (secondary N) is 1. The number of hydrogen-bond donors (Lipinski definition) is 2. The molecule has 0 unspecified atom stereocenters. The van der Waals surface area contributed by atoms with E-state index in [1.807, 2.05) is 0 Å². The number of halogens is 3. The molecular formula is C15H12F3NO4. The maximum absolute atomic E-state index is 12.0. The summed E-state index contributed by atoms with van der Waals surface area (Å²) in [7, 11) is 0. The second-order valence-corrected chi connectivity index (χ2v) is 4.38. The van der Waals surface area contributed by atoms with Crippen LogP contribution in [-0.2, 0) is 4.79 Å². The lowest BCUT2D eigenvalue weighted by atomic mass is 10.3. The fourth-order valence-corrected chi connectivity index (χ4v) is 1.66. The van der Waals surface area contributed by atoms with Crippen LogP contribution in [0.15, 0.2) is 48.5 Å². The van der Waals surface area contributed by atoms with E-state index in [1.165, 1.54) is 24.3 Å². The van der Waals surface area contributed by atoms with E-state index in [-0.39, 0.29) is 29.5 Å². The second-order valence-electron chi connectivity index (χ2n) is 4.38. The molecule has 0 heterocycles. The normalized spacial score (nSPS) is 10.9. The fraction of sp³-hybridized carbons (Fsp3) is 0.133. The lowest BCUT2D eigenvalue weighted by Crippen LogP contribution is -2.20. The molecule has 2 N–H and O–H groups in total. The van der Waals surface area contributed by atoms with Gasteiger partial charge < -0.3 is 19.9 Å². The van der Waals surface area contributed by atoms with Gasteiger partial charge in [0.2, 0.25) is 0 Å². The number of anilines is 1. The van der Waals surface area contributed by atoms with Gasteiger partial charge in [0, 0.05) is 5.69 Å². The Hall–Kier alpha value is -2.90. The molecule has 122 valence electrons. The van der Waals surface area contributed by atoms with Gasteiger partial charge in [-0.3, -0.25) is 4.79 Å². The standard InChI is InChI=1S/C15H12F3NO4/c16-15(17,18)23-11-7-5-10(6-8-11)19-14(21)9-22-13-4-2-1-3-12(13)20/h1-8,20H,9H2,(H,19,21). The fourth-order valence-electron chi connectivity index (χ4n) is 1.66. The lowest BCUT2D eigenvalue weighted by Gasteiger charge is -2.10. The van der Waals surface area contributed by atoms with Crippen LogP contribution in [-0.4, -0.2) is 24.0 Å². The van der Waals surface area contributed by atoms with Crippen LogP contribution < -0.4 is 14.8 Å². The zero-order valence-corrected chi connectivity index (χ0v) is 11.6. The monoisotopic (exact) mass is 327 g/mol. The third-order valence-corrected chi connectivity index (χ3v) is 2.60. The topological polar surface area (TPSA) is 67.8 Å². The summed E-state index contributed by atoms with van der Waals surface area (Å²) < 4.78 is 44.9. The van der Waals surface area contributed by atoms with Gasteiger partial charge in [0.25, 0.3) is 5.91 Å². The number of phenols is 1. The molecule has 8 heteroatoms. The van der Waals surface area contributed by atoms with Crippen LogP contribution >= 0.6 is 0 Å². The third kappa shape index (κ3) is 5.42. The summed E-state index contributed by atoms with van der Waals surface area (Å²) in [6, 6.07) is 10.8. The quantitative estimate of drug-likeness (QED) is 0.884. The van der Waals surface area contributed by atoms with Crippen LogP contribution in [0.25, 0.3) is 0 Å². The molecule has 0 aliphatic rings. The predicted octanol–water partition coefficient (Wildman–Crippen LogP) is 3.31. The number of para-hydroxylation sites is 2. The van der Waals surface area contributed by atoms with Crippen molar-refractivity contribution >= 4 is 11.6 Å². The van der Waals surface area contributed by atoms with Crippen molar-refractivity contribution in [3.05, 3.63) is 48.5 Å². The molecule has 0 aliphatic heterocycles. The van der Waals surface area contributed by atoms with E-state index < -0.39 is 12.3 Å². The van der Waals surface area contributed by atoms with Crippen molar-refractivity contribution in [1.82, 2.24) is 0 Å². The molecule has 2 aromatic rings. The van der Waals surface area contributed by atoms with Crippen LogP contribution in [0.3, 0.4) is 0 Å². The van der Waals surface area contributed by atoms with Crippen molar-refractivity contribution in [2.75, 3.05) is 11.9 Å². The summed E-state index contributed by atoms with van der Waals surface area (Å²) in [4.78, 5) is 11.7. The molecule has 2 aromatic carbocycles. The first-order chi connectivity index (χ1) is 10.8.